The number of carbonyl (C=O) groups excluding carboxylic acids is 4. The van der Waals surface area contributed by atoms with Crippen LogP contribution in [0.1, 0.15) is 48.2 Å². The lowest BCUT2D eigenvalue weighted by Gasteiger charge is -2.35. The van der Waals surface area contributed by atoms with Gasteiger partial charge in [-0.25, -0.2) is 5.01 Å². The summed E-state index contributed by atoms with van der Waals surface area (Å²) < 4.78 is 0. The second-order valence-electron chi connectivity index (χ2n) is 9.29. The predicted molar refractivity (Wildman–Crippen MR) is 135 cm³/mol. The molecule has 10 heteroatoms. The summed E-state index contributed by atoms with van der Waals surface area (Å²) in [5, 5.41) is 17.2. The zero-order valence-corrected chi connectivity index (χ0v) is 20.9. The molecular weight excluding hydrogens is 476 g/mol. The number of aldehydes is 1. The average molecular weight is 509 g/mol. The van der Waals surface area contributed by atoms with Crippen molar-refractivity contribution in [3.63, 3.8) is 0 Å². The van der Waals surface area contributed by atoms with Crippen LogP contribution in [-0.2, 0) is 32.3 Å². The fraction of sp³-hybridized carbons (Fsp3) is 0.370. The number of hydrogen-bond donors (Lipinski definition) is 3. The highest BCUT2D eigenvalue weighted by molar-refractivity contribution is 5.98. The van der Waals surface area contributed by atoms with Crippen LogP contribution in [0.25, 0.3) is 0 Å². The summed E-state index contributed by atoms with van der Waals surface area (Å²) in [5.74, 6) is -2.84. The van der Waals surface area contributed by atoms with Gasteiger partial charge >= 0.3 is 5.97 Å². The Morgan fingerprint density at radius 2 is 1.57 bits per heavy atom. The summed E-state index contributed by atoms with van der Waals surface area (Å²) in [4.78, 5) is 61.9. The quantitative estimate of drug-likeness (QED) is 0.372. The van der Waals surface area contributed by atoms with Crippen LogP contribution in [0.4, 0.5) is 0 Å². The molecule has 0 aliphatic carbocycles. The first-order valence-electron chi connectivity index (χ1n) is 12.1. The van der Waals surface area contributed by atoms with Gasteiger partial charge < -0.3 is 20.5 Å². The van der Waals surface area contributed by atoms with Crippen molar-refractivity contribution >= 4 is 30.0 Å². The van der Waals surface area contributed by atoms with Gasteiger partial charge in [-0.3, -0.25) is 24.2 Å². The Kier molecular flexibility index (Phi) is 9.51. The Morgan fingerprint density at radius 1 is 0.973 bits per heavy atom. The molecule has 1 heterocycles. The molecular formula is C27H32N4O6. The minimum Gasteiger partial charge on any atom is -0.481 e. The maximum absolute atomic E-state index is 13.8. The molecule has 2 aromatic rings. The molecule has 1 aliphatic heterocycles. The van der Waals surface area contributed by atoms with E-state index in [0.29, 0.717) is 24.9 Å². The third-order valence-corrected chi connectivity index (χ3v) is 6.15. The molecule has 0 spiro atoms. The van der Waals surface area contributed by atoms with E-state index in [-0.39, 0.29) is 18.8 Å². The third-order valence-electron chi connectivity index (χ3n) is 6.15. The summed E-state index contributed by atoms with van der Waals surface area (Å²) in [6.45, 7) is 4.00. The van der Waals surface area contributed by atoms with Crippen molar-refractivity contribution in [2.75, 3.05) is 6.54 Å². The van der Waals surface area contributed by atoms with E-state index in [0.717, 1.165) is 11.1 Å². The molecule has 0 radical (unpaired) electrons. The maximum Gasteiger partial charge on any atom is 0.303 e. The lowest BCUT2D eigenvalue weighted by molar-refractivity contribution is -0.158. The van der Waals surface area contributed by atoms with E-state index in [1.165, 1.54) is 5.01 Å². The highest BCUT2D eigenvalue weighted by Crippen LogP contribution is 2.25. The fourth-order valence-electron chi connectivity index (χ4n) is 4.13. The first-order chi connectivity index (χ1) is 17.7. The molecule has 2 aromatic carbocycles. The molecule has 3 amide bonds. The summed E-state index contributed by atoms with van der Waals surface area (Å²) in [6.07, 6.45) is 0.139. The minimum absolute atomic E-state index is 0.0601. The van der Waals surface area contributed by atoms with Gasteiger partial charge in [-0.2, -0.15) is 0 Å². The average Bonchev–Trinajstić information content (AvgIpc) is 3.32. The largest absolute Gasteiger partial charge is 0.481 e. The van der Waals surface area contributed by atoms with Crippen LogP contribution < -0.4 is 10.6 Å². The molecule has 2 atom stereocenters. The summed E-state index contributed by atoms with van der Waals surface area (Å²) in [5.41, 5.74) is 2.44. The molecule has 0 saturated carbocycles. The van der Waals surface area contributed by atoms with Crippen LogP contribution in [0.5, 0.6) is 0 Å². The Balaban J connectivity index is 1.81. The van der Waals surface area contributed by atoms with E-state index in [1.54, 1.807) is 49.2 Å². The Morgan fingerprint density at radius 3 is 2.11 bits per heavy atom. The summed E-state index contributed by atoms with van der Waals surface area (Å²) in [6, 6.07) is 14.3. The number of nitrogens with zero attached hydrogens (tertiary/aromatic N) is 2. The Bertz CT molecular complexity index is 1110. The van der Waals surface area contributed by atoms with Crippen molar-refractivity contribution in [1.29, 1.82) is 0 Å². The van der Waals surface area contributed by atoms with E-state index in [2.05, 4.69) is 10.6 Å². The minimum atomic E-state index is -1.08. The lowest BCUT2D eigenvalue weighted by atomic mass is 10.0. The van der Waals surface area contributed by atoms with Gasteiger partial charge in [0.1, 0.15) is 18.9 Å². The van der Waals surface area contributed by atoms with Crippen molar-refractivity contribution in [3.05, 3.63) is 71.3 Å². The van der Waals surface area contributed by atoms with Gasteiger partial charge in [0.15, 0.2) is 0 Å². The zero-order valence-electron chi connectivity index (χ0n) is 20.9. The number of nitrogens with one attached hydrogen (secondary N) is 2. The Hall–Kier alpha value is -4.05. The summed E-state index contributed by atoms with van der Waals surface area (Å²) >= 11 is 0. The number of fused-ring (bicyclic) bond motifs is 1. The fourth-order valence-corrected chi connectivity index (χ4v) is 4.13. The van der Waals surface area contributed by atoms with Crippen LogP contribution >= 0.6 is 0 Å². The van der Waals surface area contributed by atoms with Gasteiger partial charge in [0.05, 0.1) is 6.04 Å². The molecule has 0 fully saturated rings. The molecule has 1 aliphatic rings. The standard InChI is InChI=1S/C27H32N4O6/c1-18(2)25(29-26(36)19-8-4-3-5-9-19)27(37)31(30-14-20-10-6-7-11-21(20)15-30)16-23(33)28-22(17-32)12-13-24(34)35/h3-11,17-18,22,25H,12-16H2,1-2H3,(H,28,33)(H,29,36)(H,34,35). The molecule has 3 N–H and O–H groups in total. The van der Waals surface area contributed by atoms with Gasteiger partial charge in [-0.15, -0.1) is 0 Å². The maximum atomic E-state index is 13.8. The number of carbonyl (C=O) groups is 5. The van der Waals surface area contributed by atoms with Gasteiger partial charge in [0.25, 0.3) is 11.8 Å². The van der Waals surface area contributed by atoms with Crippen LogP contribution in [0.2, 0.25) is 0 Å². The predicted octanol–water partition coefficient (Wildman–Crippen LogP) is 1.75. The molecule has 0 aromatic heterocycles. The summed E-state index contributed by atoms with van der Waals surface area (Å²) in [7, 11) is 0. The number of carboxylic acids is 1. The molecule has 3 rings (SSSR count). The van der Waals surface area contributed by atoms with E-state index in [1.807, 2.05) is 24.3 Å². The molecule has 0 saturated heterocycles. The van der Waals surface area contributed by atoms with Gasteiger partial charge in [0.2, 0.25) is 5.91 Å². The Labute approximate surface area is 215 Å². The highest BCUT2D eigenvalue weighted by Gasteiger charge is 2.35. The molecule has 0 bridgehead atoms. The number of amides is 3. The molecule has 37 heavy (non-hydrogen) atoms. The van der Waals surface area contributed by atoms with Crippen LogP contribution in [0.3, 0.4) is 0 Å². The number of aliphatic carboxylic acids is 1. The van der Waals surface area contributed by atoms with Crippen LogP contribution in [0.15, 0.2) is 54.6 Å². The molecule has 196 valence electrons. The van der Waals surface area contributed by atoms with Gasteiger partial charge in [-0.05, 0) is 35.6 Å². The number of benzene rings is 2. The second kappa shape index (κ2) is 12.8. The monoisotopic (exact) mass is 508 g/mol. The zero-order chi connectivity index (χ0) is 26.9. The van der Waals surface area contributed by atoms with Crippen LogP contribution in [0, 0.1) is 5.92 Å². The van der Waals surface area contributed by atoms with E-state index >= 15 is 0 Å². The number of hydrogen-bond acceptors (Lipinski definition) is 6. The van der Waals surface area contributed by atoms with Crippen molar-refractivity contribution in [2.24, 2.45) is 5.92 Å². The number of hydrazine groups is 1. The normalized spacial score (nSPS) is 14.4. The molecule has 2 unspecified atom stereocenters. The van der Waals surface area contributed by atoms with Crippen molar-refractivity contribution in [1.82, 2.24) is 20.7 Å². The number of carboxylic acid groups (broad SMARTS) is 1. The van der Waals surface area contributed by atoms with Gasteiger partial charge in [-0.1, -0.05) is 56.3 Å². The van der Waals surface area contributed by atoms with E-state index in [4.69, 9.17) is 5.11 Å². The third kappa shape index (κ3) is 7.47. The van der Waals surface area contributed by atoms with Crippen molar-refractivity contribution in [2.45, 2.75) is 51.9 Å². The van der Waals surface area contributed by atoms with Gasteiger partial charge in [0, 0.05) is 25.1 Å². The SMILES string of the molecule is CC(C)C(NC(=O)c1ccccc1)C(=O)N(CC(=O)NC(C=O)CCC(=O)O)N1Cc2ccccc2C1. The molecule has 10 nitrogen and oxygen atoms in total. The van der Waals surface area contributed by atoms with E-state index in [9.17, 15) is 24.0 Å². The van der Waals surface area contributed by atoms with Crippen molar-refractivity contribution in [3.8, 4) is 0 Å². The first kappa shape index (κ1) is 27.5. The highest BCUT2D eigenvalue weighted by atomic mass is 16.4. The first-order valence-corrected chi connectivity index (χ1v) is 12.1. The van der Waals surface area contributed by atoms with Crippen LogP contribution in [-0.4, -0.2) is 63.7 Å². The smallest absolute Gasteiger partial charge is 0.303 e. The van der Waals surface area contributed by atoms with Crippen molar-refractivity contribution < 1.29 is 29.1 Å². The topological polar surface area (TPSA) is 136 Å². The number of rotatable bonds is 12. The van der Waals surface area contributed by atoms with E-state index < -0.39 is 42.3 Å². The second-order valence-corrected chi connectivity index (χ2v) is 9.29. The lowest BCUT2D eigenvalue weighted by Crippen LogP contribution is -2.58.